The molecule has 0 unspecified atom stereocenters. The van der Waals surface area contributed by atoms with Gasteiger partial charge in [0.25, 0.3) is 13.4 Å². The molecular formula is C94H82B2N6O2. The number of benzene rings is 13. The summed E-state index contributed by atoms with van der Waals surface area (Å²) in [6.45, 7) is 27.0. The van der Waals surface area contributed by atoms with E-state index in [9.17, 15) is 0 Å². The molecule has 0 saturated heterocycles. The van der Waals surface area contributed by atoms with Gasteiger partial charge in [0.05, 0.1) is 34.1 Å². The summed E-state index contributed by atoms with van der Waals surface area (Å²) in [4.78, 5) is 15.2. The number of ether oxygens (including phenoxy) is 2. The lowest BCUT2D eigenvalue weighted by Gasteiger charge is -2.48. The van der Waals surface area contributed by atoms with Gasteiger partial charge in [0.2, 0.25) is 0 Å². The molecule has 0 saturated carbocycles. The highest BCUT2D eigenvalue weighted by Gasteiger charge is 2.50. The predicted octanol–water partition coefficient (Wildman–Crippen LogP) is 22.2. The van der Waals surface area contributed by atoms with Gasteiger partial charge in [-0.25, -0.2) is 0 Å². The quantitative estimate of drug-likeness (QED) is 0.153. The van der Waals surface area contributed by atoms with Crippen LogP contribution < -0.4 is 71.7 Å². The number of hydrogen-bond acceptors (Lipinski definition) is 8. The van der Waals surface area contributed by atoms with Crippen LogP contribution in [0.5, 0.6) is 23.0 Å². The van der Waals surface area contributed by atoms with E-state index in [0.29, 0.717) is 0 Å². The van der Waals surface area contributed by atoms with Crippen molar-refractivity contribution in [2.45, 2.75) is 105 Å². The van der Waals surface area contributed by atoms with Crippen molar-refractivity contribution >= 4 is 149 Å². The second-order valence-corrected chi connectivity index (χ2v) is 33.0. The molecule has 10 heteroatoms. The average Bonchev–Trinajstić information content (AvgIpc) is 0.684. The van der Waals surface area contributed by atoms with Crippen molar-refractivity contribution in [1.29, 1.82) is 0 Å². The van der Waals surface area contributed by atoms with E-state index in [1.54, 1.807) is 0 Å². The number of anilines is 18. The SMILES string of the molecule is CC(C)(C)c1ccc2c(c1)Oc1cc(C(C)(C)C)ccc1N2c1cc2c3c(c1)N(c1ccccc1)c1cc4c(cc1B3c1ccccc1N2c1ccccc1)B1c2ccccc2N(c2ccccc2)c2cc(N3c5ccc(C(C)(C)C)cc5Oc5cc(C(C)(C)C)ccc53)cc(c21)N4c1ccccc1. The summed E-state index contributed by atoms with van der Waals surface area (Å²) in [7, 11) is 0. The van der Waals surface area contributed by atoms with E-state index in [1.807, 2.05) is 0 Å². The van der Waals surface area contributed by atoms with Crippen molar-refractivity contribution in [3.05, 3.63) is 301 Å². The zero-order valence-electron chi connectivity index (χ0n) is 61.2. The van der Waals surface area contributed by atoms with E-state index >= 15 is 0 Å². The van der Waals surface area contributed by atoms with Gasteiger partial charge in [-0.05, 0) is 216 Å². The van der Waals surface area contributed by atoms with Crippen LogP contribution in [0, 0.1) is 0 Å². The zero-order valence-corrected chi connectivity index (χ0v) is 61.2. The molecule has 6 aliphatic heterocycles. The second kappa shape index (κ2) is 22.9. The first kappa shape index (κ1) is 63.3. The molecule has 0 aliphatic carbocycles. The van der Waals surface area contributed by atoms with Crippen molar-refractivity contribution < 1.29 is 9.47 Å². The van der Waals surface area contributed by atoms with Crippen LogP contribution in [-0.4, -0.2) is 13.4 Å². The normalized spacial score (nSPS) is 14.3. The Morgan fingerprint density at radius 3 is 0.731 bits per heavy atom. The molecule has 0 bridgehead atoms. The predicted molar refractivity (Wildman–Crippen MR) is 439 cm³/mol. The van der Waals surface area contributed by atoms with Crippen LogP contribution in [-0.2, 0) is 21.7 Å². The standard InChI is InChI=1S/C94H82B2N6O2/c1-91(2,3)59-41-45-75-85(49-59)103-86-50-60(92(4,5)6)42-46-76(86)101(75)67-53-81-89-83(55-67)99(65-33-21-15-22-34-65)79-58-80-72(57-71(79)95(89)69-37-25-27-39-73(69)97(81)63-29-17-13-18-30-63)96-70-38-26-28-40-74(70)98(64-31-19-14-20-32-64)82-54-68(56-84(90(82)96)100(80)66-35-23-16-24-36-66)102-77-47-43-61(93(7,8)9)51-87(77)104-88-52-62(94(10,11)12)44-48-78(88)102/h13-58H,1-12H3. The first-order valence-corrected chi connectivity index (χ1v) is 36.8. The molecule has 6 heterocycles. The van der Waals surface area contributed by atoms with Crippen LogP contribution >= 0.6 is 0 Å². The molecule has 0 radical (unpaired) electrons. The monoisotopic (exact) mass is 1350 g/mol. The Labute approximate surface area is 612 Å². The smallest absolute Gasteiger partial charge is 0.252 e. The summed E-state index contributed by atoms with van der Waals surface area (Å²) in [6, 6.07) is 105. The van der Waals surface area contributed by atoms with Gasteiger partial charge in [-0.15, -0.1) is 0 Å². The van der Waals surface area contributed by atoms with Crippen LogP contribution in [0.1, 0.15) is 105 Å². The van der Waals surface area contributed by atoms with Gasteiger partial charge < -0.3 is 38.9 Å². The number of nitrogens with zero attached hydrogens (tertiary/aromatic N) is 6. The number of rotatable bonds is 6. The first-order valence-electron chi connectivity index (χ1n) is 36.8. The molecule has 0 fully saturated rings. The molecule has 104 heavy (non-hydrogen) atoms. The highest BCUT2D eigenvalue weighted by Crippen LogP contribution is 2.58. The van der Waals surface area contributed by atoms with Gasteiger partial charge in [0, 0.05) is 68.2 Å². The molecule has 0 atom stereocenters. The van der Waals surface area contributed by atoms with Gasteiger partial charge in [-0.2, -0.15) is 0 Å². The van der Waals surface area contributed by atoms with Gasteiger partial charge >= 0.3 is 0 Å². The van der Waals surface area contributed by atoms with Crippen molar-refractivity contribution in [2.24, 2.45) is 0 Å². The fourth-order valence-corrected chi connectivity index (χ4v) is 17.1. The Kier molecular flexibility index (Phi) is 14.0. The third kappa shape index (κ3) is 9.88. The van der Waals surface area contributed by atoms with Crippen molar-refractivity contribution in [3.8, 4) is 23.0 Å². The number of fused-ring (bicyclic) bond motifs is 12. The molecular weight excluding hydrogens is 1270 g/mol. The van der Waals surface area contributed by atoms with E-state index < -0.39 is 0 Å². The fraction of sp³-hybridized carbons (Fsp3) is 0.170. The Morgan fingerprint density at radius 1 is 0.202 bits per heavy atom. The van der Waals surface area contributed by atoms with Gasteiger partial charge in [-0.1, -0.05) is 223 Å². The summed E-state index contributed by atoms with van der Waals surface area (Å²) >= 11 is 0. The molecule has 13 aromatic rings. The van der Waals surface area contributed by atoms with Crippen LogP contribution in [0.2, 0.25) is 0 Å². The summed E-state index contributed by atoms with van der Waals surface area (Å²) in [6.07, 6.45) is 0. The van der Waals surface area contributed by atoms with E-state index in [1.165, 1.54) is 55.0 Å². The van der Waals surface area contributed by atoms with Gasteiger partial charge in [0.15, 0.2) is 23.0 Å². The molecule has 6 aliphatic rings. The van der Waals surface area contributed by atoms with Gasteiger partial charge in [-0.3, -0.25) is 0 Å². The first-order chi connectivity index (χ1) is 50.1. The van der Waals surface area contributed by atoms with E-state index in [2.05, 4.69) is 392 Å². The minimum Gasteiger partial charge on any atom is -0.453 e. The number of hydrogen-bond donors (Lipinski definition) is 0. The van der Waals surface area contributed by atoms with E-state index in [-0.39, 0.29) is 35.1 Å². The molecule has 19 rings (SSSR count). The molecule has 0 N–H and O–H groups in total. The third-order valence-electron chi connectivity index (χ3n) is 22.3. The Hall–Kier alpha value is -11.6. The van der Waals surface area contributed by atoms with Crippen molar-refractivity contribution in [2.75, 3.05) is 29.4 Å². The largest absolute Gasteiger partial charge is 0.453 e. The zero-order chi connectivity index (χ0) is 71.0. The maximum absolute atomic E-state index is 7.20. The summed E-state index contributed by atoms with van der Waals surface area (Å²) in [5.41, 5.74) is 31.1. The van der Waals surface area contributed by atoms with Crippen LogP contribution in [0.25, 0.3) is 0 Å². The molecule has 8 nitrogen and oxygen atoms in total. The third-order valence-corrected chi connectivity index (χ3v) is 22.3. The van der Waals surface area contributed by atoms with Crippen LogP contribution in [0.15, 0.2) is 279 Å². The summed E-state index contributed by atoms with van der Waals surface area (Å²) < 4.78 is 14.4. The van der Waals surface area contributed by atoms with E-state index in [4.69, 9.17) is 9.47 Å². The highest BCUT2D eigenvalue weighted by molar-refractivity contribution is 7.03. The molecule has 13 aromatic carbocycles. The molecule has 0 amide bonds. The molecule has 0 aromatic heterocycles. The fourth-order valence-electron chi connectivity index (χ4n) is 17.1. The number of para-hydroxylation sites is 6. The Balaban J connectivity index is 0.912. The van der Waals surface area contributed by atoms with Gasteiger partial charge in [0.1, 0.15) is 0 Å². The maximum Gasteiger partial charge on any atom is 0.252 e. The Bertz CT molecular complexity index is 5200. The maximum atomic E-state index is 7.20. The lowest BCUT2D eigenvalue weighted by molar-refractivity contribution is 0.469. The van der Waals surface area contributed by atoms with Crippen LogP contribution in [0.4, 0.5) is 102 Å². The minimum absolute atomic E-state index is 0.117. The van der Waals surface area contributed by atoms with E-state index in [0.717, 1.165) is 125 Å². The lowest BCUT2D eigenvalue weighted by Crippen LogP contribution is -2.65. The van der Waals surface area contributed by atoms with Crippen LogP contribution in [0.3, 0.4) is 0 Å². The lowest BCUT2D eigenvalue weighted by atomic mass is 9.30. The molecule has 506 valence electrons. The summed E-state index contributed by atoms with van der Waals surface area (Å²) in [5, 5.41) is 0. The average molecular weight is 1350 g/mol. The molecule has 0 spiro atoms. The minimum atomic E-state index is -0.203. The second-order valence-electron chi connectivity index (χ2n) is 33.0. The van der Waals surface area contributed by atoms with Crippen molar-refractivity contribution in [3.63, 3.8) is 0 Å². The topological polar surface area (TPSA) is 37.9 Å². The summed E-state index contributed by atoms with van der Waals surface area (Å²) in [5.74, 6) is 3.32. The Morgan fingerprint density at radius 2 is 0.452 bits per heavy atom. The highest BCUT2D eigenvalue weighted by atomic mass is 16.5. The van der Waals surface area contributed by atoms with Crippen molar-refractivity contribution in [1.82, 2.24) is 0 Å².